The molecule has 0 spiro atoms. The molecular weight excluding hydrogens is 274 g/mol. The molecular formula is C13H17N5O3. The molecule has 112 valence electrons. The Morgan fingerprint density at radius 1 is 1.52 bits per heavy atom. The largest absolute Gasteiger partial charge is 0.462 e. The van der Waals surface area contributed by atoms with Gasteiger partial charge in [-0.05, 0) is 13.0 Å². The Labute approximate surface area is 121 Å². The first-order valence-corrected chi connectivity index (χ1v) is 6.56. The summed E-state index contributed by atoms with van der Waals surface area (Å²) in [5.41, 5.74) is 6.30. The number of pyridine rings is 1. The van der Waals surface area contributed by atoms with Crippen LogP contribution in [0.3, 0.4) is 0 Å². The fourth-order valence-corrected chi connectivity index (χ4v) is 1.69. The van der Waals surface area contributed by atoms with E-state index in [0.717, 1.165) is 0 Å². The van der Waals surface area contributed by atoms with Crippen molar-refractivity contribution >= 4 is 17.5 Å². The second kappa shape index (κ2) is 6.69. The van der Waals surface area contributed by atoms with Gasteiger partial charge < -0.3 is 20.3 Å². The van der Waals surface area contributed by atoms with Crippen molar-refractivity contribution < 1.29 is 14.1 Å². The number of anilines is 2. The standard InChI is InChI=1S/C13H17N5O3/c1-3-20-13(19)9-6-12(16-7-10(9)14)15-5-4-11-17-8(2)21-18-11/h6-7H,3-5,14H2,1-2H3,(H,15,16). The lowest BCUT2D eigenvalue weighted by atomic mass is 10.2. The average molecular weight is 291 g/mol. The number of rotatable bonds is 6. The molecule has 0 aliphatic rings. The number of hydrogen-bond acceptors (Lipinski definition) is 8. The van der Waals surface area contributed by atoms with Crippen LogP contribution in [0, 0.1) is 6.92 Å². The Kier molecular flexibility index (Phi) is 4.70. The van der Waals surface area contributed by atoms with Crippen LogP contribution in [0.15, 0.2) is 16.8 Å². The molecule has 0 saturated heterocycles. The number of aromatic nitrogens is 3. The highest BCUT2D eigenvalue weighted by Crippen LogP contribution is 2.16. The summed E-state index contributed by atoms with van der Waals surface area (Å²) in [5.74, 6) is 1.21. The topological polar surface area (TPSA) is 116 Å². The molecule has 0 atom stereocenters. The minimum absolute atomic E-state index is 0.285. The number of nitrogens with two attached hydrogens (primary N) is 1. The van der Waals surface area contributed by atoms with E-state index in [1.165, 1.54) is 6.20 Å². The molecule has 8 nitrogen and oxygen atoms in total. The molecule has 2 rings (SSSR count). The number of ether oxygens (including phenoxy) is 1. The third-order valence-corrected chi connectivity index (χ3v) is 2.65. The van der Waals surface area contributed by atoms with Gasteiger partial charge in [0.05, 0.1) is 24.1 Å². The highest BCUT2D eigenvalue weighted by molar-refractivity contribution is 5.95. The Morgan fingerprint density at radius 3 is 3.00 bits per heavy atom. The predicted octanol–water partition coefficient (Wildman–Crippen LogP) is 1.19. The summed E-state index contributed by atoms with van der Waals surface area (Å²) >= 11 is 0. The van der Waals surface area contributed by atoms with Crippen LogP contribution in [0.2, 0.25) is 0 Å². The minimum Gasteiger partial charge on any atom is -0.462 e. The summed E-state index contributed by atoms with van der Waals surface area (Å²) in [5, 5.41) is 6.86. The SMILES string of the molecule is CCOC(=O)c1cc(NCCc2noc(C)n2)ncc1N. The number of carbonyl (C=O) groups is 1. The van der Waals surface area contributed by atoms with Gasteiger partial charge in [-0.15, -0.1) is 0 Å². The number of hydrogen-bond donors (Lipinski definition) is 2. The Bertz CT molecular complexity index is 626. The van der Waals surface area contributed by atoms with E-state index in [0.29, 0.717) is 42.7 Å². The van der Waals surface area contributed by atoms with Crippen LogP contribution in [0.25, 0.3) is 0 Å². The van der Waals surface area contributed by atoms with Gasteiger partial charge in [-0.1, -0.05) is 5.16 Å². The van der Waals surface area contributed by atoms with Crippen LogP contribution in [-0.4, -0.2) is 34.2 Å². The van der Waals surface area contributed by atoms with Crippen molar-refractivity contribution in [3.8, 4) is 0 Å². The van der Waals surface area contributed by atoms with Crippen LogP contribution in [0.4, 0.5) is 11.5 Å². The van der Waals surface area contributed by atoms with Crippen molar-refractivity contribution in [2.24, 2.45) is 0 Å². The fraction of sp³-hybridized carbons (Fsp3) is 0.385. The molecule has 0 unspecified atom stereocenters. The van der Waals surface area contributed by atoms with Crippen LogP contribution in [-0.2, 0) is 11.2 Å². The summed E-state index contributed by atoms with van der Waals surface area (Å²) in [6.45, 7) is 4.32. The van der Waals surface area contributed by atoms with Crippen LogP contribution < -0.4 is 11.1 Å². The van der Waals surface area contributed by atoms with Crippen molar-refractivity contribution in [3.05, 3.63) is 29.5 Å². The summed E-state index contributed by atoms with van der Waals surface area (Å²) in [4.78, 5) is 19.9. The zero-order chi connectivity index (χ0) is 15.2. The second-order valence-corrected chi connectivity index (χ2v) is 4.28. The van der Waals surface area contributed by atoms with Gasteiger partial charge in [0.15, 0.2) is 5.82 Å². The molecule has 2 heterocycles. The van der Waals surface area contributed by atoms with Gasteiger partial charge in [0.25, 0.3) is 0 Å². The molecule has 0 aromatic carbocycles. The molecule has 0 aliphatic carbocycles. The molecule has 21 heavy (non-hydrogen) atoms. The molecule has 2 aromatic rings. The number of esters is 1. The van der Waals surface area contributed by atoms with E-state index in [2.05, 4.69) is 20.4 Å². The maximum Gasteiger partial charge on any atom is 0.340 e. The molecule has 8 heteroatoms. The van der Waals surface area contributed by atoms with Crippen LogP contribution >= 0.6 is 0 Å². The lowest BCUT2D eigenvalue weighted by Crippen LogP contribution is -2.12. The monoisotopic (exact) mass is 291 g/mol. The summed E-state index contributed by atoms with van der Waals surface area (Å²) in [6.07, 6.45) is 2.01. The fourth-order valence-electron chi connectivity index (χ4n) is 1.69. The van der Waals surface area contributed by atoms with Gasteiger partial charge in [-0.25, -0.2) is 9.78 Å². The van der Waals surface area contributed by atoms with Crippen molar-refractivity contribution in [2.75, 3.05) is 24.2 Å². The molecule has 0 fully saturated rings. The lowest BCUT2D eigenvalue weighted by molar-refractivity contribution is 0.0527. The van der Waals surface area contributed by atoms with Gasteiger partial charge >= 0.3 is 5.97 Å². The summed E-state index contributed by atoms with van der Waals surface area (Å²) < 4.78 is 9.81. The first-order chi connectivity index (χ1) is 10.1. The van der Waals surface area contributed by atoms with E-state index >= 15 is 0 Å². The van der Waals surface area contributed by atoms with Gasteiger partial charge in [0, 0.05) is 19.9 Å². The van der Waals surface area contributed by atoms with Crippen molar-refractivity contribution in [3.63, 3.8) is 0 Å². The van der Waals surface area contributed by atoms with Gasteiger partial charge in [-0.2, -0.15) is 4.98 Å². The molecule has 0 bridgehead atoms. The third kappa shape index (κ3) is 3.91. The average Bonchev–Trinajstić information content (AvgIpc) is 2.86. The first-order valence-electron chi connectivity index (χ1n) is 6.56. The number of aryl methyl sites for hydroxylation is 1. The van der Waals surface area contributed by atoms with E-state index in [-0.39, 0.29) is 5.69 Å². The van der Waals surface area contributed by atoms with E-state index in [1.807, 2.05) is 0 Å². The maximum absolute atomic E-state index is 11.7. The minimum atomic E-state index is -0.464. The molecule has 3 N–H and O–H groups in total. The zero-order valence-corrected chi connectivity index (χ0v) is 11.9. The summed E-state index contributed by atoms with van der Waals surface area (Å²) in [7, 11) is 0. The Morgan fingerprint density at radius 2 is 2.33 bits per heavy atom. The van der Waals surface area contributed by atoms with Gasteiger partial charge in [0.1, 0.15) is 5.82 Å². The predicted molar refractivity (Wildman–Crippen MR) is 75.8 cm³/mol. The molecule has 0 amide bonds. The maximum atomic E-state index is 11.7. The molecule has 0 aliphatic heterocycles. The van der Waals surface area contributed by atoms with Crippen LogP contribution in [0.1, 0.15) is 29.0 Å². The number of carbonyl (C=O) groups excluding carboxylic acids is 1. The lowest BCUT2D eigenvalue weighted by Gasteiger charge is -2.08. The molecule has 0 radical (unpaired) electrons. The Hall–Kier alpha value is -2.64. The van der Waals surface area contributed by atoms with E-state index in [1.54, 1.807) is 19.9 Å². The first kappa shape index (κ1) is 14.8. The molecule has 2 aromatic heterocycles. The second-order valence-electron chi connectivity index (χ2n) is 4.28. The van der Waals surface area contributed by atoms with Crippen molar-refractivity contribution in [1.29, 1.82) is 0 Å². The van der Waals surface area contributed by atoms with Crippen molar-refractivity contribution in [2.45, 2.75) is 20.3 Å². The van der Waals surface area contributed by atoms with Crippen molar-refractivity contribution in [1.82, 2.24) is 15.1 Å². The van der Waals surface area contributed by atoms with E-state index in [9.17, 15) is 4.79 Å². The molecule has 0 saturated carbocycles. The van der Waals surface area contributed by atoms with E-state index < -0.39 is 5.97 Å². The quantitative estimate of drug-likeness (QED) is 0.762. The highest BCUT2D eigenvalue weighted by atomic mass is 16.5. The normalized spacial score (nSPS) is 10.4. The number of nitrogens with one attached hydrogen (secondary N) is 1. The Balaban J connectivity index is 1.97. The zero-order valence-electron chi connectivity index (χ0n) is 11.9. The number of nitrogens with zero attached hydrogens (tertiary/aromatic N) is 3. The third-order valence-electron chi connectivity index (χ3n) is 2.65. The van der Waals surface area contributed by atoms with E-state index in [4.69, 9.17) is 15.0 Å². The van der Waals surface area contributed by atoms with Crippen LogP contribution in [0.5, 0.6) is 0 Å². The summed E-state index contributed by atoms with van der Waals surface area (Å²) in [6, 6.07) is 1.56. The van der Waals surface area contributed by atoms with Gasteiger partial charge in [0.2, 0.25) is 5.89 Å². The highest BCUT2D eigenvalue weighted by Gasteiger charge is 2.12. The number of nitrogen functional groups attached to an aromatic ring is 1. The van der Waals surface area contributed by atoms with Gasteiger partial charge in [-0.3, -0.25) is 0 Å². The smallest absolute Gasteiger partial charge is 0.340 e.